The van der Waals surface area contributed by atoms with Crippen LogP contribution >= 0.6 is 0 Å². The largest absolute Gasteiger partial charge is 0.480 e. The summed E-state index contributed by atoms with van der Waals surface area (Å²) in [6.45, 7) is 1.56. The highest BCUT2D eigenvalue weighted by atomic mass is 16.5. The maximum atomic E-state index is 9.28. The van der Waals surface area contributed by atoms with Crippen LogP contribution in [0, 0.1) is 0 Å². The number of aliphatic hydroxyl groups excluding tert-OH is 1. The first-order chi connectivity index (χ1) is 7.72. The zero-order valence-electron chi connectivity index (χ0n) is 8.91. The van der Waals surface area contributed by atoms with Crippen molar-refractivity contribution in [2.75, 3.05) is 7.11 Å². The Kier molecular flexibility index (Phi) is 2.82. The van der Waals surface area contributed by atoms with Gasteiger partial charge in [0.1, 0.15) is 11.7 Å². The molecule has 0 aliphatic heterocycles. The molecule has 0 aliphatic rings. The van der Waals surface area contributed by atoms with Crippen molar-refractivity contribution < 1.29 is 14.4 Å². The number of aliphatic hydroxyl groups is 1. The van der Waals surface area contributed by atoms with E-state index in [0.29, 0.717) is 11.4 Å². The van der Waals surface area contributed by atoms with Gasteiger partial charge in [0.25, 0.3) is 5.89 Å². The van der Waals surface area contributed by atoms with Crippen molar-refractivity contribution in [1.82, 2.24) is 15.1 Å². The van der Waals surface area contributed by atoms with Crippen molar-refractivity contribution in [2.24, 2.45) is 0 Å². The summed E-state index contributed by atoms with van der Waals surface area (Å²) in [6, 6.07) is 3.50. The smallest absolute Gasteiger partial charge is 0.263 e. The zero-order valence-corrected chi connectivity index (χ0v) is 8.91. The van der Waals surface area contributed by atoms with E-state index in [1.54, 1.807) is 25.3 Å². The van der Waals surface area contributed by atoms with Gasteiger partial charge in [0.15, 0.2) is 5.82 Å². The lowest BCUT2D eigenvalue weighted by atomic mass is 10.2. The molecule has 0 saturated carbocycles. The number of hydrogen-bond donors (Lipinski definition) is 1. The molecule has 2 rings (SSSR count). The summed E-state index contributed by atoms with van der Waals surface area (Å²) in [6.07, 6.45) is 0.842. The molecular formula is C10H11N3O3. The molecule has 0 radical (unpaired) electrons. The second-order valence-electron chi connectivity index (χ2n) is 3.19. The predicted molar refractivity (Wildman–Crippen MR) is 54.7 cm³/mol. The molecule has 84 valence electrons. The fraction of sp³-hybridized carbons (Fsp3) is 0.300. The van der Waals surface area contributed by atoms with Crippen molar-refractivity contribution in [3.8, 4) is 17.3 Å². The highest BCUT2D eigenvalue weighted by Crippen LogP contribution is 2.26. The van der Waals surface area contributed by atoms with Gasteiger partial charge in [0, 0.05) is 6.20 Å². The Labute approximate surface area is 91.9 Å². The quantitative estimate of drug-likeness (QED) is 0.838. The minimum absolute atomic E-state index is 0.237. The number of hydrogen-bond acceptors (Lipinski definition) is 6. The van der Waals surface area contributed by atoms with Crippen LogP contribution in [-0.2, 0) is 0 Å². The third kappa shape index (κ3) is 1.87. The number of ether oxygens (including phenoxy) is 1. The molecule has 6 nitrogen and oxygen atoms in total. The molecule has 0 aliphatic carbocycles. The van der Waals surface area contributed by atoms with Crippen LogP contribution in [0.25, 0.3) is 11.5 Å². The van der Waals surface area contributed by atoms with Gasteiger partial charge in [-0.3, -0.25) is 0 Å². The first-order valence-electron chi connectivity index (χ1n) is 4.73. The lowest BCUT2D eigenvalue weighted by molar-refractivity contribution is 0.184. The molecule has 2 aromatic rings. The summed E-state index contributed by atoms with van der Waals surface area (Å²) in [7, 11) is 1.51. The van der Waals surface area contributed by atoms with Crippen LogP contribution < -0.4 is 4.74 Å². The molecule has 0 amide bonds. The molecule has 0 saturated heterocycles. The van der Waals surface area contributed by atoms with Crippen molar-refractivity contribution in [2.45, 2.75) is 13.0 Å². The first-order valence-corrected chi connectivity index (χ1v) is 4.73. The van der Waals surface area contributed by atoms with E-state index in [1.807, 2.05) is 0 Å². The van der Waals surface area contributed by atoms with E-state index in [1.165, 1.54) is 7.11 Å². The van der Waals surface area contributed by atoms with Crippen LogP contribution in [-0.4, -0.2) is 27.3 Å². The Hall–Kier alpha value is -1.95. The molecule has 0 aromatic carbocycles. The van der Waals surface area contributed by atoms with Crippen LogP contribution in [0.2, 0.25) is 0 Å². The Morgan fingerprint density at radius 2 is 2.31 bits per heavy atom. The van der Waals surface area contributed by atoms with Crippen LogP contribution in [0.3, 0.4) is 0 Å². The third-order valence-corrected chi connectivity index (χ3v) is 2.01. The topological polar surface area (TPSA) is 81.3 Å². The van der Waals surface area contributed by atoms with Gasteiger partial charge in [-0.2, -0.15) is 4.98 Å². The second-order valence-corrected chi connectivity index (χ2v) is 3.19. The van der Waals surface area contributed by atoms with Crippen LogP contribution in [0.15, 0.2) is 22.9 Å². The maximum absolute atomic E-state index is 9.28. The first kappa shape index (κ1) is 10.6. The minimum Gasteiger partial charge on any atom is -0.480 e. The molecule has 1 atom stereocenters. The van der Waals surface area contributed by atoms with Crippen LogP contribution in [0.1, 0.15) is 18.9 Å². The Morgan fingerprint density at radius 3 is 2.94 bits per heavy atom. The fourth-order valence-corrected chi connectivity index (χ4v) is 1.23. The van der Waals surface area contributed by atoms with Gasteiger partial charge >= 0.3 is 0 Å². The number of methoxy groups -OCH3 is 1. The average molecular weight is 221 g/mol. The Balaban J connectivity index is 2.42. The summed E-state index contributed by atoms with van der Waals surface area (Å²) in [5.74, 6) is 0.921. The lowest BCUT2D eigenvalue weighted by Gasteiger charge is -2.01. The summed E-state index contributed by atoms with van der Waals surface area (Å²) in [5, 5.41) is 12.9. The highest BCUT2D eigenvalue weighted by Gasteiger charge is 2.16. The molecular weight excluding hydrogens is 210 g/mol. The standard InChI is InChI=1S/C10H11N3O3/c1-6(14)8-12-10(16-13-8)7-4-3-5-11-9(7)15-2/h3-6,14H,1-2H3. The van der Waals surface area contributed by atoms with Gasteiger partial charge in [0.05, 0.1) is 7.11 Å². The van der Waals surface area contributed by atoms with Crippen molar-refractivity contribution in [3.63, 3.8) is 0 Å². The van der Waals surface area contributed by atoms with Gasteiger partial charge in [-0.15, -0.1) is 0 Å². The zero-order chi connectivity index (χ0) is 11.5. The van der Waals surface area contributed by atoms with Gasteiger partial charge < -0.3 is 14.4 Å². The molecule has 16 heavy (non-hydrogen) atoms. The number of pyridine rings is 1. The van der Waals surface area contributed by atoms with E-state index in [9.17, 15) is 5.11 Å². The number of rotatable bonds is 3. The van der Waals surface area contributed by atoms with Crippen molar-refractivity contribution in [1.29, 1.82) is 0 Å². The monoisotopic (exact) mass is 221 g/mol. The van der Waals surface area contributed by atoms with Crippen LogP contribution in [0.5, 0.6) is 5.88 Å². The summed E-state index contributed by atoms with van der Waals surface area (Å²) >= 11 is 0. The van der Waals surface area contributed by atoms with Gasteiger partial charge in [-0.05, 0) is 19.1 Å². The molecule has 1 N–H and O–H groups in total. The Bertz CT molecular complexity index is 482. The fourth-order valence-electron chi connectivity index (χ4n) is 1.23. The predicted octanol–water partition coefficient (Wildman–Crippen LogP) is 1.19. The normalized spacial score (nSPS) is 12.4. The molecule has 1 unspecified atom stereocenters. The molecule has 2 aromatic heterocycles. The van der Waals surface area contributed by atoms with Gasteiger partial charge in [-0.25, -0.2) is 4.98 Å². The number of nitrogens with zero attached hydrogens (tertiary/aromatic N) is 3. The molecule has 0 spiro atoms. The maximum Gasteiger partial charge on any atom is 0.263 e. The van der Waals surface area contributed by atoms with E-state index in [4.69, 9.17) is 9.26 Å². The van der Waals surface area contributed by atoms with Gasteiger partial charge in [-0.1, -0.05) is 5.16 Å². The third-order valence-electron chi connectivity index (χ3n) is 2.01. The summed E-state index contributed by atoms with van der Waals surface area (Å²) < 4.78 is 10.1. The lowest BCUT2D eigenvalue weighted by Crippen LogP contribution is -1.94. The van der Waals surface area contributed by atoms with E-state index >= 15 is 0 Å². The van der Waals surface area contributed by atoms with E-state index < -0.39 is 6.10 Å². The van der Waals surface area contributed by atoms with Crippen LogP contribution in [0.4, 0.5) is 0 Å². The molecule has 0 fully saturated rings. The Morgan fingerprint density at radius 1 is 1.50 bits per heavy atom. The second kappa shape index (κ2) is 4.28. The van der Waals surface area contributed by atoms with E-state index in [-0.39, 0.29) is 11.7 Å². The SMILES string of the molecule is COc1ncccc1-c1nc(C(C)O)no1. The molecule has 0 bridgehead atoms. The summed E-state index contributed by atoms with van der Waals surface area (Å²) in [4.78, 5) is 8.06. The van der Waals surface area contributed by atoms with Crippen molar-refractivity contribution >= 4 is 0 Å². The average Bonchev–Trinajstić information content (AvgIpc) is 2.78. The molecule has 6 heteroatoms. The number of aromatic nitrogens is 3. The summed E-state index contributed by atoms with van der Waals surface area (Å²) in [5.41, 5.74) is 0.601. The van der Waals surface area contributed by atoms with E-state index in [2.05, 4.69) is 15.1 Å². The minimum atomic E-state index is -0.764. The highest BCUT2D eigenvalue weighted by molar-refractivity contribution is 5.59. The van der Waals surface area contributed by atoms with Crippen molar-refractivity contribution in [3.05, 3.63) is 24.2 Å². The molecule has 2 heterocycles. The van der Waals surface area contributed by atoms with E-state index in [0.717, 1.165) is 0 Å². The van der Waals surface area contributed by atoms with Gasteiger partial charge in [0.2, 0.25) is 5.88 Å².